The van der Waals surface area contributed by atoms with Crippen molar-refractivity contribution in [3.05, 3.63) is 53.6 Å². The molecule has 0 aromatic heterocycles. The molecule has 5 rings (SSSR count). The zero-order valence-corrected chi connectivity index (χ0v) is 15.7. The van der Waals surface area contributed by atoms with Crippen LogP contribution in [0.1, 0.15) is 44.1 Å². The van der Waals surface area contributed by atoms with E-state index in [0.717, 1.165) is 11.8 Å². The first-order valence-electron chi connectivity index (χ1n) is 9.83. The summed E-state index contributed by atoms with van der Waals surface area (Å²) in [4.78, 5) is 2.72. The highest BCUT2D eigenvalue weighted by atomic mass is 35.5. The summed E-state index contributed by atoms with van der Waals surface area (Å²) in [6.07, 6.45) is 8.49. The molecule has 2 heteroatoms. The van der Waals surface area contributed by atoms with Crippen LogP contribution in [0.5, 0.6) is 0 Å². The Morgan fingerprint density at radius 1 is 0.840 bits per heavy atom. The fourth-order valence-electron chi connectivity index (χ4n) is 5.39. The Balaban J connectivity index is 0.00000157. The van der Waals surface area contributed by atoms with E-state index < -0.39 is 0 Å². The minimum Gasteiger partial charge on any atom is -0.299 e. The van der Waals surface area contributed by atoms with E-state index in [2.05, 4.69) is 47.4 Å². The van der Waals surface area contributed by atoms with Crippen molar-refractivity contribution in [2.75, 3.05) is 19.6 Å². The largest absolute Gasteiger partial charge is 0.299 e. The van der Waals surface area contributed by atoms with Gasteiger partial charge in [-0.05, 0) is 90.6 Å². The van der Waals surface area contributed by atoms with Crippen LogP contribution in [0.3, 0.4) is 0 Å². The highest BCUT2D eigenvalue weighted by Gasteiger charge is 2.39. The molecular weight excluding hydrogens is 326 g/mol. The summed E-state index contributed by atoms with van der Waals surface area (Å²) in [5.41, 5.74) is 5.03. The Hall–Kier alpha value is -1.31. The van der Waals surface area contributed by atoms with Crippen molar-refractivity contribution in [3.8, 4) is 0 Å². The van der Waals surface area contributed by atoms with E-state index >= 15 is 0 Å². The molecular formula is C23H28ClN. The number of likely N-dealkylation sites (tertiary alicyclic amines) is 1. The van der Waals surface area contributed by atoms with Crippen LogP contribution in [-0.2, 0) is 0 Å². The maximum Gasteiger partial charge on any atom is 0.0201 e. The van der Waals surface area contributed by atoms with Gasteiger partial charge in [-0.2, -0.15) is 0 Å². The average molecular weight is 354 g/mol. The van der Waals surface area contributed by atoms with E-state index in [0.29, 0.717) is 0 Å². The van der Waals surface area contributed by atoms with Gasteiger partial charge in [0, 0.05) is 6.54 Å². The van der Waals surface area contributed by atoms with E-state index in [1.807, 2.05) is 0 Å². The summed E-state index contributed by atoms with van der Waals surface area (Å²) in [5.74, 6) is 1.70. The van der Waals surface area contributed by atoms with Gasteiger partial charge in [0.05, 0.1) is 0 Å². The molecule has 132 valence electrons. The normalized spacial score (nSPS) is 26.2. The second kappa shape index (κ2) is 7.13. The number of benzene rings is 2. The second-order valence-electron chi connectivity index (χ2n) is 8.04. The van der Waals surface area contributed by atoms with Gasteiger partial charge in [-0.25, -0.2) is 0 Å². The molecule has 1 saturated carbocycles. The highest BCUT2D eigenvalue weighted by Crippen LogP contribution is 2.52. The van der Waals surface area contributed by atoms with Crippen LogP contribution in [0.2, 0.25) is 0 Å². The average Bonchev–Trinajstić information content (AvgIpc) is 3.24. The van der Waals surface area contributed by atoms with Gasteiger partial charge in [0.2, 0.25) is 0 Å². The summed E-state index contributed by atoms with van der Waals surface area (Å²) in [6, 6.07) is 15.9. The third kappa shape index (κ3) is 3.13. The highest BCUT2D eigenvalue weighted by molar-refractivity contribution is 5.87. The van der Waals surface area contributed by atoms with Crippen LogP contribution in [0.15, 0.2) is 48.0 Å². The van der Waals surface area contributed by atoms with Gasteiger partial charge >= 0.3 is 0 Å². The number of hydrogen-bond acceptors (Lipinski definition) is 1. The Bertz CT molecular complexity index is 788. The maximum absolute atomic E-state index is 2.72. The summed E-state index contributed by atoms with van der Waals surface area (Å²) >= 11 is 0. The lowest BCUT2D eigenvalue weighted by Crippen LogP contribution is -2.32. The first kappa shape index (κ1) is 17.1. The van der Waals surface area contributed by atoms with Crippen LogP contribution in [0, 0.1) is 11.8 Å². The Morgan fingerprint density at radius 3 is 2.44 bits per heavy atom. The van der Waals surface area contributed by atoms with Crippen LogP contribution >= 0.6 is 12.4 Å². The van der Waals surface area contributed by atoms with E-state index in [1.54, 1.807) is 11.1 Å². The van der Waals surface area contributed by atoms with Gasteiger partial charge in [0.15, 0.2) is 0 Å². The molecule has 0 N–H and O–H groups in total. The lowest BCUT2D eigenvalue weighted by atomic mass is 9.86. The number of nitrogens with zero attached hydrogens (tertiary/aromatic N) is 1. The van der Waals surface area contributed by atoms with Gasteiger partial charge in [-0.15, -0.1) is 12.4 Å². The molecule has 0 spiro atoms. The lowest BCUT2D eigenvalue weighted by Gasteiger charge is -2.30. The van der Waals surface area contributed by atoms with Crippen LogP contribution < -0.4 is 0 Å². The van der Waals surface area contributed by atoms with Crippen molar-refractivity contribution in [2.45, 2.75) is 38.5 Å². The summed E-state index contributed by atoms with van der Waals surface area (Å²) in [7, 11) is 0. The molecule has 2 atom stereocenters. The van der Waals surface area contributed by atoms with Crippen molar-refractivity contribution in [1.29, 1.82) is 0 Å². The van der Waals surface area contributed by atoms with Gasteiger partial charge in [-0.3, -0.25) is 4.90 Å². The molecule has 2 aliphatic carbocycles. The molecule has 0 amide bonds. The smallest absolute Gasteiger partial charge is 0.0201 e. The number of hydrogen-bond donors (Lipinski definition) is 0. The van der Waals surface area contributed by atoms with Crippen LogP contribution in [0.25, 0.3) is 16.3 Å². The van der Waals surface area contributed by atoms with Crippen LogP contribution in [0.4, 0.5) is 0 Å². The molecule has 3 aliphatic rings. The van der Waals surface area contributed by atoms with Crippen molar-refractivity contribution >= 4 is 28.8 Å². The molecule has 1 heterocycles. The van der Waals surface area contributed by atoms with Crippen molar-refractivity contribution < 1.29 is 0 Å². The number of allylic oxidation sites excluding steroid dienone is 1. The second-order valence-corrected chi connectivity index (χ2v) is 8.04. The predicted octanol–water partition coefficient (Wildman–Crippen LogP) is 5.93. The SMILES string of the molecule is Cl.c1ccc2cc(C3=C(CN4CCCCC4)C4CCC3C4)ccc2c1. The Morgan fingerprint density at radius 2 is 1.60 bits per heavy atom. The third-order valence-corrected chi connectivity index (χ3v) is 6.58. The predicted molar refractivity (Wildman–Crippen MR) is 109 cm³/mol. The minimum atomic E-state index is 0. The van der Waals surface area contributed by atoms with Crippen molar-refractivity contribution in [2.24, 2.45) is 11.8 Å². The lowest BCUT2D eigenvalue weighted by molar-refractivity contribution is 0.241. The first-order chi connectivity index (χ1) is 11.9. The number of rotatable bonds is 3. The maximum atomic E-state index is 2.72. The Labute approximate surface area is 157 Å². The quantitative estimate of drug-likeness (QED) is 0.660. The molecule has 2 fully saturated rings. The van der Waals surface area contributed by atoms with E-state index in [4.69, 9.17) is 0 Å². The zero-order valence-electron chi connectivity index (χ0n) is 14.9. The fraction of sp³-hybridized carbons (Fsp3) is 0.478. The van der Waals surface area contributed by atoms with Crippen molar-refractivity contribution in [3.63, 3.8) is 0 Å². The molecule has 1 nitrogen and oxygen atoms in total. The van der Waals surface area contributed by atoms with Gasteiger partial charge in [0.1, 0.15) is 0 Å². The molecule has 2 aromatic carbocycles. The zero-order chi connectivity index (χ0) is 15.9. The van der Waals surface area contributed by atoms with E-state index in [-0.39, 0.29) is 12.4 Å². The van der Waals surface area contributed by atoms with Crippen molar-refractivity contribution in [1.82, 2.24) is 4.90 Å². The fourth-order valence-corrected chi connectivity index (χ4v) is 5.39. The molecule has 25 heavy (non-hydrogen) atoms. The van der Waals surface area contributed by atoms with Gasteiger partial charge < -0.3 is 0 Å². The topological polar surface area (TPSA) is 3.24 Å². The molecule has 2 bridgehead atoms. The molecule has 2 unspecified atom stereocenters. The molecule has 1 saturated heterocycles. The monoisotopic (exact) mass is 353 g/mol. The van der Waals surface area contributed by atoms with E-state index in [1.165, 1.54) is 74.5 Å². The Kier molecular flexibility index (Phi) is 4.88. The van der Waals surface area contributed by atoms with Gasteiger partial charge in [-0.1, -0.05) is 42.8 Å². The summed E-state index contributed by atoms with van der Waals surface area (Å²) in [5, 5.41) is 2.75. The molecule has 0 radical (unpaired) electrons. The standard InChI is InChI=1S/C23H27N.ClH/c1-4-12-24(13-5-1)16-22-19-9-11-21(15-19)23(22)20-10-8-17-6-2-3-7-18(17)14-20;/h2-3,6-8,10,14,19,21H,1,4-5,9,11-13,15-16H2;1H. The van der Waals surface area contributed by atoms with E-state index in [9.17, 15) is 0 Å². The number of fused-ring (bicyclic) bond motifs is 3. The third-order valence-electron chi connectivity index (χ3n) is 6.58. The number of halogens is 1. The first-order valence-corrected chi connectivity index (χ1v) is 9.83. The molecule has 2 aromatic rings. The number of piperidine rings is 1. The van der Waals surface area contributed by atoms with Gasteiger partial charge in [0.25, 0.3) is 0 Å². The molecule has 1 aliphatic heterocycles. The minimum absolute atomic E-state index is 0. The summed E-state index contributed by atoms with van der Waals surface area (Å²) in [6.45, 7) is 3.86. The van der Waals surface area contributed by atoms with Crippen LogP contribution in [-0.4, -0.2) is 24.5 Å². The summed E-state index contributed by atoms with van der Waals surface area (Å²) < 4.78 is 0.